The van der Waals surface area contributed by atoms with Gasteiger partial charge in [-0.25, -0.2) is 17.5 Å². The second-order valence-electron chi connectivity index (χ2n) is 18.1. The van der Waals surface area contributed by atoms with Crippen LogP contribution in [-0.2, 0) is 28.9 Å². The molecule has 7 aliphatic rings. The third-order valence-electron chi connectivity index (χ3n) is 13.4. The number of hydrogen-bond acceptors (Lipinski definition) is 8. The molecule has 0 spiro atoms. The average molecular weight is 891 g/mol. The lowest BCUT2D eigenvalue weighted by Crippen LogP contribution is -2.36. The molecule has 7 heterocycles. The van der Waals surface area contributed by atoms with E-state index in [9.17, 15) is 9.59 Å². The molecule has 0 saturated heterocycles. The fraction of sp³-hybridized carbons (Fsp3) is 0.263. The van der Waals surface area contributed by atoms with Crippen molar-refractivity contribution in [2.75, 3.05) is 52.7 Å². The highest BCUT2D eigenvalue weighted by atomic mass is 16.2. The summed E-state index contributed by atoms with van der Waals surface area (Å²) in [5.74, 6) is 19.4. The molecule has 8 aromatic rings. The van der Waals surface area contributed by atoms with E-state index in [1.54, 1.807) is 10.0 Å². The van der Waals surface area contributed by atoms with E-state index in [1.807, 2.05) is 22.0 Å². The number of amides is 2. The lowest BCUT2D eigenvalue weighted by molar-refractivity contribution is -0.121. The highest BCUT2D eigenvalue weighted by Crippen LogP contribution is 2.36. The van der Waals surface area contributed by atoms with Crippen LogP contribution in [0.4, 0.5) is 22.7 Å². The maximum Gasteiger partial charge on any atom is 0.228 e. The number of hydrogen-bond donors (Lipinski definition) is 4. The Hall–Kier alpha value is -6.98. The Kier molecular flexibility index (Phi) is 14.2. The number of carbonyl (C=O) groups excluding carboxylic acids is 2. The molecular formula is C57H62N8O2. The molecule has 67 heavy (non-hydrogen) atoms. The SMILES string of the molecule is NN1CCCCN(N)c2ccc(cc2)Cc2ccc(cc2)N(C(=O)CCNC(=O)CCCc2ccc3ccc4cccc5ccc2c3c45)CCCCN(N)c2ccc(cc2)Cc2ccc1cc2. The molecule has 2 amide bonds. The fourth-order valence-corrected chi connectivity index (χ4v) is 9.57. The van der Waals surface area contributed by atoms with Gasteiger partial charge in [0.25, 0.3) is 0 Å². The summed E-state index contributed by atoms with van der Waals surface area (Å²) in [6.45, 7) is 2.92. The van der Waals surface area contributed by atoms with Crippen LogP contribution in [0.3, 0.4) is 0 Å². The number of nitrogens with two attached hydrogens (primary N) is 3. The number of anilines is 4. The first-order chi connectivity index (χ1) is 32.8. The minimum absolute atomic E-state index is 0.0233. The van der Waals surface area contributed by atoms with Gasteiger partial charge in [0.2, 0.25) is 11.8 Å². The van der Waals surface area contributed by atoms with Crippen molar-refractivity contribution in [2.24, 2.45) is 17.5 Å². The first-order valence-corrected chi connectivity index (χ1v) is 23.9. The summed E-state index contributed by atoms with van der Waals surface area (Å²) in [4.78, 5) is 29.0. The zero-order chi connectivity index (χ0) is 46.1. The summed E-state index contributed by atoms with van der Waals surface area (Å²) >= 11 is 0. The van der Waals surface area contributed by atoms with E-state index in [2.05, 4.69) is 145 Å². The minimum Gasteiger partial charge on any atom is -0.356 e. The standard InChI is InChI=1S/C57H62N8O2/c58-63-36-2-1-35-62(55(67)33-34-61-54(66)10-6-7-45-19-20-48-22-21-46-8-5-9-47-23-32-53(45)57(48)56(46)47)49-24-11-41(12-25-49)39-42-13-28-51(29-14-42)64(59)37-3-4-38-65(60)52-30-17-44(18-31-52)40-43-15-26-50(63)27-16-43/h5,8-9,11-32H,1-4,6-7,10,33-40,58-60H2,(H,61,66). The van der Waals surface area contributed by atoms with Crippen LogP contribution in [0.5, 0.6) is 0 Å². The smallest absolute Gasteiger partial charge is 0.228 e. The Bertz CT molecular complexity index is 2890. The van der Waals surface area contributed by atoms with E-state index in [-0.39, 0.29) is 24.8 Å². The van der Waals surface area contributed by atoms with Gasteiger partial charge in [0.15, 0.2) is 0 Å². The summed E-state index contributed by atoms with van der Waals surface area (Å²) < 4.78 is 0. The second-order valence-corrected chi connectivity index (χ2v) is 18.1. The molecule has 8 aromatic carbocycles. The van der Waals surface area contributed by atoms with E-state index in [0.29, 0.717) is 19.5 Å². The highest BCUT2D eigenvalue weighted by molar-refractivity contribution is 6.23. The van der Waals surface area contributed by atoms with Gasteiger partial charge in [-0.15, -0.1) is 0 Å². The molecule has 0 radical (unpaired) electrons. The van der Waals surface area contributed by atoms with E-state index in [4.69, 9.17) is 17.5 Å². The van der Waals surface area contributed by atoms with Gasteiger partial charge >= 0.3 is 0 Å². The van der Waals surface area contributed by atoms with Crippen LogP contribution in [0.15, 0.2) is 152 Å². The Balaban J connectivity index is 0.831. The topological polar surface area (TPSA) is 137 Å². The summed E-state index contributed by atoms with van der Waals surface area (Å²) in [5, 5.41) is 16.0. The predicted molar refractivity (Wildman–Crippen MR) is 278 cm³/mol. The molecule has 0 saturated carbocycles. The van der Waals surface area contributed by atoms with Crippen molar-refractivity contribution in [3.8, 4) is 0 Å². The van der Waals surface area contributed by atoms with Gasteiger partial charge in [0.1, 0.15) is 0 Å². The zero-order valence-electron chi connectivity index (χ0n) is 38.4. The molecule has 8 bridgehead atoms. The van der Waals surface area contributed by atoms with Gasteiger partial charge < -0.3 is 25.2 Å². The van der Waals surface area contributed by atoms with E-state index < -0.39 is 0 Å². The Labute approximate surface area is 394 Å². The summed E-state index contributed by atoms with van der Waals surface area (Å²) in [6.07, 6.45) is 7.07. The van der Waals surface area contributed by atoms with Gasteiger partial charge in [-0.05, 0) is 160 Å². The normalized spacial score (nSPS) is 14.5. The first-order valence-electron chi connectivity index (χ1n) is 23.9. The van der Waals surface area contributed by atoms with Gasteiger partial charge in [0.05, 0.1) is 17.1 Å². The zero-order valence-corrected chi connectivity index (χ0v) is 38.4. The quantitative estimate of drug-likeness (QED) is 0.0918. The number of hydrazine groups is 3. The molecule has 0 atom stereocenters. The molecule has 7 aliphatic heterocycles. The molecule has 0 aliphatic carbocycles. The van der Waals surface area contributed by atoms with Crippen molar-refractivity contribution >= 4 is 66.9 Å². The summed E-state index contributed by atoms with van der Waals surface area (Å²) in [7, 11) is 0. The molecule has 7 N–H and O–H groups in total. The maximum atomic E-state index is 14.0. The van der Waals surface area contributed by atoms with Gasteiger partial charge in [-0.2, -0.15) is 0 Å². The van der Waals surface area contributed by atoms with E-state index >= 15 is 0 Å². The Morgan fingerprint density at radius 2 is 0.896 bits per heavy atom. The van der Waals surface area contributed by atoms with Gasteiger partial charge in [-0.1, -0.05) is 103 Å². The lowest BCUT2D eigenvalue weighted by Gasteiger charge is -2.25. The molecule has 0 aromatic heterocycles. The van der Waals surface area contributed by atoms with Crippen LogP contribution in [-0.4, -0.2) is 44.5 Å². The third kappa shape index (κ3) is 11.0. The second kappa shape index (κ2) is 21.1. The monoisotopic (exact) mass is 890 g/mol. The van der Waals surface area contributed by atoms with Crippen molar-refractivity contribution in [3.05, 3.63) is 179 Å². The number of rotatable bonds is 7. The first kappa shape index (κ1) is 45.2. The van der Waals surface area contributed by atoms with Crippen molar-refractivity contribution in [2.45, 2.75) is 64.2 Å². The molecule has 0 unspecified atom stereocenters. The number of aryl methyl sites for hydroxylation is 1. The third-order valence-corrected chi connectivity index (χ3v) is 13.4. The largest absolute Gasteiger partial charge is 0.356 e. The summed E-state index contributed by atoms with van der Waals surface area (Å²) in [5.41, 5.74) is 9.73. The van der Waals surface area contributed by atoms with Crippen LogP contribution >= 0.6 is 0 Å². The van der Waals surface area contributed by atoms with Crippen LogP contribution in [0, 0.1) is 0 Å². The van der Waals surface area contributed by atoms with Crippen molar-refractivity contribution in [1.29, 1.82) is 0 Å². The van der Waals surface area contributed by atoms with Crippen molar-refractivity contribution in [3.63, 3.8) is 0 Å². The molecule has 15 rings (SSSR count). The van der Waals surface area contributed by atoms with Crippen molar-refractivity contribution < 1.29 is 9.59 Å². The van der Waals surface area contributed by atoms with Gasteiger partial charge in [-0.3, -0.25) is 9.59 Å². The number of nitrogens with zero attached hydrogens (tertiary/aromatic N) is 4. The maximum absolute atomic E-state index is 14.0. The number of nitrogens with one attached hydrogen (secondary N) is 1. The van der Waals surface area contributed by atoms with Crippen LogP contribution in [0.2, 0.25) is 0 Å². The van der Waals surface area contributed by atoms with Crippen LogP contribution < -0.4 is 42.8 Å². The van der Waals surface area contributed by atoms with Crippen LogP contribution in [0.25, 0.3) is 32.3 Å². The molecule has 10 nitrogen and oxygen atoms in total. The Morgan fingerprint density at radius 3 is 1.40 bits per heavy atom. The summed E-state index contributed by atoms with van der Waals surface area (Å²) in [6, 6.07) is 53.2. The fourth-order valence-electron chi connectivity index (χ4n) is 9.57. The minimum atomic E-state index is -0.0352. The number of carbonyl (C=O) groups is 2. The predicted octanol–water partition coefficient (Wildman–Crippen LogP) is 9.94. The number of benzene rings is 8. The van der Waals surface area contributed by atoms with Gasteiger partial charge in [0, 0.05) is 51.3 Å². The highest BCUT2D eigenvalue weighted by Gasteiger charge is 2.18. The van der Waals surface area contributed by atoms with Crippen LogP contribution in [0.1, 0.15) is 72.8 Å². The average Bonchev–Trinajstić information content (AvgIpc) is 3.35. The molecular weight excluding hydrogens is 829 g/mol. The molecule has 0 fully saturated rings. The Morgan fingerprint density at radius 1 is 0.463 bits per heavy atom. The van der Waals surface area contributed by atoms with Crippen molar-refractivity contribution in [1.82, 2.24) is 5.32 Å². The lowest BCUT2D eigenvalue weighted by atomic mass is 9.90. The van der Waals surface area contributed by atoms with E-state index in [1.165, 1.54) is 54.6 Å². The molecule has 10 heteroatoms. The molecule has 342 valence electrons. The van der Waals surface area contributed by atoms with E-state index in [0.717, 1.165) is 92.8 Å².